The van der Waals surface area contributed by atoms with Gasteiger partial charge in [0.2, 0.25) is 5.91 Å². The van der Waals surface area contributed by atoms with Gasteiger partial charge in [0.05, 0.1) is 30.6 Å². The number of ether oxygens (including phenoxy) is 1. The molecule has 35 heavy (non-hydrogen) atoms. The second kappa shape index (κ2) is 9.36. The highest BCUT2D eigenvalue weighted by Gasteiger charge is 2.52. The second-order valence-corrected chi connectivity index (χ2v) is 9.55. The van der Waals surface area contributed by atoms with Gasteiger partial charge >= 0.3 is 0 Å². The van der Waals surface area contributed by atoms with E-state index in [0.29, 0.717) is 34.1 Å². The maximum absolute atomic E-state index is 14.3. The summed E-state index contributed by atoms with van der Waals surface area (Å²) in [6, 6.07) is 20.6. The molecule has 180 valence electrons. The highest BCUT2D eigenvalue weighted by atomic mass is 35.5. The van der Waals surface area contributed by atoms with Crippen LogP contribution in [0.1, 0.15) is 28.4 Å². The quantitative estimate of drug-likeness (QED) is 0.537. The van der Waals surface area contributed by atoms with Crippen LogP contribution in [0.5, 0.6) is 5.75 Å². The van der Waals surface area contributed by atoms with Gasteiger partial charge in [-0.25, -0.2) is 0 Å². The number of ketones is 1. The molecule has 1 N–H and O–H groups in total. The van der Waals surface area contributed by atoms with Crippen molar-refractivity contribution in [2.75, 3.05) is 43.1 Å². The van der Waals surface area contributed by atoms with Crippen LogP contribution in [0.25, 0.3) is 0 Å². The molecule has 0 radical (unpaired) electrons. The number of fused-ring (bicyclic) bond motifs is 1. The number of hydrogen-bond donors (Lipinski definition) is 1. The van der Waals surface area contributed by atoms with Crippen LogP contribution in [0.3, 0.4) is 0 Å². The zero-order valence-electron chi connectivity index (χ0n) is 19.9. The fraction of sp³-hybridized carbons (Fsp3) is 0.286. The Morgan fingerprint density at radius 3 is 2.29 bits per heavy atom. The average Bonchev–Trinajstić information content (AvgIpc) is 2.90. The van der Waals surface area contributed by atoms with Crippen LogP contribution in [0.4, 0.5) is 11.4 Å². The van der Waals surface area contributed by atoms with Crippen molar-refractivity contribution in [3.8, 4) is 5.75 Å². The lowest BCUT2D eigenvalue weighted by atomic mass is 9.71. The van der Waals surface area contributed by atoms with E-state index in [1.54, 1.807) is 49.3 Å². The molecule has 0 unspecified atom stereocenters. The van der Waals surface area contributed by atoms with Gasteiger partial charge < -0.3 is 19.9 Å². The largest absolute Gasteiger partial charge is 0.497 e. The van der Waals surface area contributed by atoms with Crippen molar-refractivity contribution in [1.82, 2.24) is 5.32 Å². The number of Topliss-reactive ketones (excluding diaryl/α,β-unsaturated/α-hetero) is 1. The van der Waals surface area contributed by atoms with Gasteiger partial charge in [-0.15, -0.1) is 0 Å². The van der Waals surface area contributed by atoms with Gasteiger partial charge in [0.1, 0.15) is 11.2 Å². The first-order valence-corrected chi connectivity index (χ1v) is 12.2. The fourth-order valence-electron chi connectivity index (χ4n) is 5.01. The molecule has 6 nitrogen and oxygen atoms in total. The maximum Gasteiger partial charge on any atom is 0.245 e. The van der Waals surface area contributed by atoms with Crippen LogP contribution in [0.15, 0.2) is 66.7 Å². The number of carbonyl (C=O) groups is 2. The smallest absolute Gasteiger partial charge is 0.245 e. The maximum atomic E-state index is 14.3. The minimum absolute atomic E-state index is 0.211. The second-order valence-electron chi connectivity index (χ2n) is 9.12. The number of benzene rings is 3. The molecule has 0 aromatic heterocycles. The van der Waals surface area contributed by atoms with E-state index in [0.717, 1.165) is 37.4 Å². The topological polar surface area (TPSA) is 61.9 Å². The van der Waals surface area contributed by atoms with Crippen molar-refractivity contribution < 1.29 is 14.3 Å². The Morgan fingerprint density at radius 2 is 1.63 bits per heavy atom. The van der Waals surface area contributed by atoms with Crippen LogP contribution in [-0.2, 0) is 16.8 Å². The third-order valence-electron chi connectivity index (χ3n) is 7.01. The average molecular weight is 490 g/mol. The van der Waals surface area contributed by atoms with E-state index in [4.69, 9.17) is 16.3 Å². The predicted molar refractivity (Wildman–Crippen MR) is 139 cm³/mol. The molecule has 1 saturated heterocycles. The third kappa shape index (κ3) is 4.07. The Morgan fingerprint density at radius 1 is 0.971 bits per heavy atom. The molecule has 1 fully saturated rings. The fourth-order valence-corrected chi connectivity index (χ4v) is 5.21. The molecular formula is C28H28ClN3O3. The molecule has 3 aromatic carbocycles. The van der Waals surface area contributed by atoms with Crippen LogP contribution >= 0.6 is 11.6 Å². The van der Waals surface area contributed by atoms with Crippen LogP contribution in [-0.4, -0.2) is 45.0 Å². The summed E-state index contributed by atoms with van der Waals surface area (Å²) in [4.78, 5) is 32.4. The predicted octanol–water partition coefficient (Wildman–Crippen LogP) is 4.45. The number of halogens is 1. The Balaban J connectivity index is 1.71. The summed E-state index contributed by atoms with van der Waals surface area (Å²) in [5, 5.41) is 3.86. The monoisotopic (exact) mass is 489 g/mol. The number of rotatable bonds is 5. The molecule has 7 heteroatoms. The summed E-state index contributed by atoms with van der Waals surface area (Å²) in [6.07, 6.45) is 0. The van der Waals surface area contributed by atoms with Gasteiger partial charge in [0, 0.05) is 31.2 Å². The lowest BCUT2D eigenvalue weighted by molar-refractivity contribution is -0.122. The summed E-state index contributed by atoms with van der Waals surface area (Å²) in [5.41, 5.74) is 2.12. The van der Waals surface area contributed by atoms with Crippen LogP contribution in [0, 0.1) is 0 Å². The molecule has 2 heterocycles. The summed E-state index contributed by atoms with van der Waals surface area (Å²) in [6.45, 7) is 5.22. The van der Waals surface area contributed by atoms with E-state index >= 15 is 0 Å². The summed E-state index contributed by atoms with van der Waals surface area (Å²) in [5.74, 6) is 0.192. The van der Waals surface area contributed by atoms with Gasteiger partial charge in [-0.2, -0.15) is 0 Å². The molecule has 2 aliphatic rings. The highest BCUT2D eigenvalue weighted by Crippen LogP contribution is 2.46. The van der Waals surface area contributed by atoms with Gasteiger partial charge in [0.15, 0.2) is 5.78 Å². The van der Waals surface area contributed by atoms with Crippen molar-refractivity contribution >= 4 is 34.7 Å². The van der Waals surface area contributed by atoms with E-state index in [1.165, 1.54) is 0 Å². The minimum atomic E-state index is -1.38. The molecule has 0 spiro atoms. The Bertz CT molecular complexity index is 1260. The summed E-state index contributed by atoms with van der Waals surface area (Å²) >= 11 is 6.58. The Kier molecular flexibility index (Phi) is 6.26. The highest BCUT2D eigenvalue weighted by molar-refractivity contribution is 6.34. The molecule has 1 amide bonds. The van der Waals surface area contributed by atoms with Crippen molar-refractivity contribution in [2.24, 2.45) is 0 Å². The van der Waals surface area contributed by atoms with Crippen molar-refractivity contribution in [2.45, 2.75) is 18.9 Å². The van der Waals surface area contributed by atoms with E-state index in [2.05, 4.69) is 10.2 Å². The Labute approximate surface area is 210 Å². The van der Waals surface area contributed by atoms with E-state index in [-0.39, 0.29) is 11.7 Å². The number of methoxy groups -OCH3 is 1. The first kappa shape index (κ1) is 23.4. The number of hydrogen-bond acceptors (Lipinski definition) is 5. The van der Waals surface area contributed by atoms with Gasteiger partial charge in [0.25, 0.3) is 0 Å². The number of piperazine rings is 1. The van der Waals surface area contributed by atoms with Crippen molar-refractivity contribution in [3.05, 3.63) is 88.4 Å². The Hall–Kier alpha value is -3.35. The van der Waals surface area contributed by atoms with Gasteiger partial charge in [-0.1, -0.05) is 54.1 Å². The molecule has 0 bridgehead atoms. The van der Waals surface area contributed by atoms with Crippen molar-refractivity contribution in [3.63, 3.8) is 0 Å². The number of amides is 1. The van der Waals surface area contributed by atoms with Gasteiger partial charge in [-0.3, -0.25) is 9.59 Å². The zero-order chi connectivity index (χ0) is 24.6. The van der Waals surface area contributed by atoms with Crippen molar-refractivity contribution in [1.29, 1.82) is 0 Å². The summed E-state index contributed by atoms with van der Waals surface area (Å²) in [7, 11) is 1.59. The van der Waals surface area contributed by atoms with Gasteiger partial charge in [-0.05, 0) is 42.3 Å². The number of carbonyl (C=O) groups excluding carboxylic acids is 2. The SMILES string of the molecule is COc1ccc([C@]2(C)C(=O)c3c(N4CCNCC4)cc(Cl)cc3N(Cc3ccccc3)C2=O)cc1. The molecule has 1 atom stereocenters. The first-order chi connectivity index (χ1) is 16.9. The first-order valence-electron chi connectivity index (χ1n) is 11.8. The molecule has 5 rings (SSSR count). The number of nitrogens with one attached hydrogen (secondary N) is 1. The van der Waals surface area contributed by atoms with Crippen LogP contribution < -0.4 is 19.9 Å². The number of anilines is 2. The standard InChI is InChI=1S/C28H28ClN3O3/c1-28(20-8-10-22(35-2)11-9-20)26(33)25-23(31-14-12-30-13-15-31)16-21(29)17-24(25)32(27(28)34)18-19-6-4-3-5-7-19/h3-11,16-17,30H,12-15,18H2,1-2H3/t28-/m1/s1. The molecular weight excluding hydrogens is 462 g/mol. The minimum Gasteiger partial charge on any atom is -0.497 e. The summed E-state index contributed by atoms with van der Waals surface area (Å²) < 4.78 is 5.30. The molecule has 0 saturated carbocycles. The zero-order valence-corrected chi connectivity index (χ0v) is 20.6. The number of nitrogens with zero attached hydrogens (tertiary/aromatic N) is 2. The van der Waals surface area contributed by atoms with Crippen LogP contribution in [0.2, 0.25) is 5.02 Å². The molecule has 2 aliphatic heterocycles. The normalized spacial score (nSPS) is 20.1. The van der Waals surface area contributed by atoms with E-state index < -0.39 is 5.41 Å². The molecule has 0 aliphatic carbocycles. The van der Waals surface area contributed by atoms with E-state index in [9.17, 15) is 9.59 Å². The third-order valence-corrected chi connectivity index (χ3v) is 7.23. The molecule has 3 aromatic rings. The lowest BCUT2D eigenvalue weighted by Crippen LogP contribution is -2.55. The lowest BCUT2D eigenvalue weighted by Gasteiger charge is -2.42. The van der Waals surface area contributed by atoms with E-state index in [1.807, 2.05) is 36.4 Å².